The second kappa shape index (κ2) is 5.72. The molecular formula is C15H21IN4O. The minimum atomic E-state index is 0. The van der Waals surface area contributed by atoms with Crippen LogP contribution in [0.2, 0.25) is 0 Å². The second-order valence-electron chi connectivity index (χ2n) is 6.13. The summed E-state index contributed by atoms with van der Waals surface area (Å²) in [5.41, 5.74) is 6.35. The van der Waals surface area contributed by atoms with Crippen molar-refractivity contribution in [2.24, 2.45) is 22.1 Å². The third-order valence-corrected chi connectivity index (χ3v) is 5.18. The fraction of sp³-hybridized carbons (Fsp3) is 0.600. The molecule has 0 bridgehead atoms. The predicted octanol–water partition coefficient (Wildman–Crippen LogP) is 2.38. The molecule has 1 saturated heterocycles. The minimum Gasteiger partial charge on any atom is -0.377 e. The van der Waals surface area contributed by atoms with Crippen molar-refractivity contribution in [1.29, 1.82) is 0 Å². The molecule has 0 amide bonds. The van der Waals surface area contributed by atoms with E-state index >= 15 is 0 Å². The number of anilines is 1. The summed E-state index contributed by atoms with van der Waals surface area (Å²) in [6.07, 6.45) is 7.07. The Labute approximate surface area is 141 Å². The molecule has 1 aliphatic heterocycles. The van der Waals surface area contributed by atoms with Crippen LogP contribution in [0, 0.1) is 11.3 Å². The molecule has 2 saturated carbocycles. The first-order valence-corrected chi connectivity index (χ1v) is 7.42. The molecule has 3 N–H and O–H groups in total. The molecule has 114 valence electrons. The summed E-state index contributed by atoms with van der Waals surface area (Å²) in [5, 5.41) is 3.08. The van der Waals surface area contributed by atoms with Gasteiger partial charge in [0, 0.05) is 24.1 Å². The van der Waals surface area contributed by atoms with Crippen molar-refractivity contribution in [2.75, 3.05) is 11.9 Å². The van der Waals surface area contributed by atoms with E-state index in [0.29, 0.717) is 24.0 Å². The number of nitrogens with two attached hydrogens (primary N) is 1. The van der Waals surface area contributed by atoms with Crippen LogP contribution in [0.1, 0.15) is 25.7 Å². The van der Waals surface area contributed by atoms with Crippen LogP contribution in [-0.4, -0.2) is 29.7 Å². The van der Waals surface area contributed by atoms with Crippen molar-refractivity contribution in [1.82, 2.24) is 4.98 Å². The van der Waals surface area contributed by atoms with Crippen LogP contribution in [0.4, 0.5) is 5.82 Å². The Hall–Kier alpha value is -0.890. The zero-order valence-corrected chi connectivity index (χ0v) is 14.2. The highest BCUT2D eigenvalue weighted by Crippen LogP contribution is 2.64. The van der Waals surface area contributed by atoms with Gasteiger partial charge in [-0.3, -0.25) is 0 Å². The van der Waals surface area contributed by atoms with E-state index in [4.69, 9.17) is 15.5 Å². The summed E-state index contributed by atoms with van der Waals surface area (Å²) in [7, 11) is 0. The number of nitrogens with one attached hydrogen (secondary N) is 1. The number of hydrogen-bond donors (Lipinski definition) is 2. The molecule has 21 heavy (non-hydrogen) atoms. The Morgan fingerprint density at radius 3 is 2.95 bits per heavy atom. The summed E-state index contributed by atoms with van der Waals surface area (Å²) in [6.45, 7) is 0.886. The molecule has 1 spiro atoms. The molecule has 5 nitrogen and oxygen atoms in total. The third kappa shape index (κ3) is 2.32. The van der Waals surface area contributed by atoms with Crippen LogP contribution in [0.3, 0.4) is 0 Å². The van der Waals surface area contributed by atoms with E-state index in [0.717, 1.165) is 18.8 Å². The summed E-state index contributed by atoms with van der Waals surface area (Å²) < 4.78 is 5.90. The molecular weight excluding hydrogens is 379 g/mol. The van der Waals surface area contributed by atoms with Gasteiger partial charge in [-0.1, -0.05) is 12.5 Å². The van der Waals surface area contributed by atoms with Crippen molar-refractivity contribution in [3.05, 3.63) is 24.4 Å². The molecule has 3 atom stereocenters. The average Bonchev–Trinajstić information content (AvgIpc) is 2.81. The van der Waals surface area contributed by atoms with Crippen molar-refractivity contribution in [2.45, 2.75) is 37.8 Å². The molecule has 6 heteroatoms. The van der Waals surface area contributed by atoms with E-state index in [1.165, 1.54) is 19.3 Å². The standard InChI is InChI=1S/C15H20N4O.HI/c16-14(18-11-4-1-2-8-17-11)19-12-10-5-9-20-13(10)15(12)6-3-7-15;/h1-2,4,8,10,12-13H,3,5-7,9H2,(H3,16,17,18,19);1H. The zero-order valence-electron chi connectivity index (χ0n) is 11.9. The first-order chi connectivity index (χ1) is 9.79. The van der Waals surface area contributed by atoms with Gasteiger partial charge in [-0.15, -0.1) is 24.0 Å². The summed E-state index contributed by atoms with van der Waals surface area (Å²) >= 11 is 0. The number of aromatic nitrogens is 1. The number of rotatable bonds is 2. The molecule has 2 aliphatic carbocycles. The lowest BCUT2D eigenvalue weighted by atomic mass is 9.46. The van der Waals surface area contributed by atoms with Crippen LogP contribution < -0.4 is 11.1 Å². The van der Waals surface area contributed by atoms with Crippen molar-refractivity contribution >= 4 is 35.8 Å². The van der Waals surface area contributed by atoms with Gasteiger partial charge >= 0.3 is 0 Å². The van der Waals surface area contributed by atoms with E-state index in [-0.39, 0.29) is 29.4 Å². The number of nitrogens with zero attached hydrogens (tertiary/aromatic N) is 2. The fourth-order valence-corrected chi connectivity index (χ4v) is 4.14. The Morgan fingerprint density at radius 1 is 1.43 bits per heavy atom. The van der Waals surface area contributed by atoms with Crippen LogP contribution >= 0.6 is 24.0 Å². The summed E-state index contributed by atoms with van der Waals surface area (Å²) in [5.74, 6) is 1.79. The number of halogens is 1. The lowest BCUT2D eigenvalue weighted by Gasteiger charge is -2.61. The van der Waals surface area contributed by atoms with Crippen LogP contribution in [0.5, 0.6) is 0 Å². The molecule has 1 aromatic rings. The first kappa shape index (κ1) is 15.0. The highest BCUT2D eigenvalue weighted by atomic mass is 127. The number of pyridine rings is 1. The van der Waals surface area contributed by atoms with Crippen molar-refractivity contribution in [3.63, 3.8) is 0 Å². The number of aliphatic imine (C=N–C) groups is 1. The lowest BCUT2D eigenvalue weighted by molar-refractivity contribution is -0.164. The van der Waals surface area contributed by atoms with E-state index in [9.17, 15) is 0 Å². The number of guanidine groups is 1. The molecule has 3 aliphatic rings. The van der Waals surface area contributed by atoms with Gasteiger partial charge in [-0.25, -0.2) is 9.98 Å². The smallest absolute Gasteiger partial charge is 0.194 e. The third-order valence-electron chi connectivity index (χ3n) is 5.18. The van der Waals surface area contributed by atoms with Gasteiger partial charge in [0.15, 0.2) is 5.96 Å². The maximum absolute atomic E-state index is 6.06. The number of hydrogen-bond acceptors (Lipinski definition) is 3. The molecule has 1 aromatic heterocycles. The van der Waals surface area contributed by atoms with Crippen LogP contribution in [0.25, 0.3) is 0 Å². The van der Waals surface area contributed by atoms with E-state index in [1.54, 1.807) is 6.20 Å². The topological polar surface area (TPSA) is 72.5 Å². The maximum Gasteiger partial charge on any atom is 0.194 e. The summed E-state index contributed by atoms with van der Waals surface area (Å²) in [6, 6.07) is 6.04. The van der Waals surface area contributed by atoms with Crippen LogP contribution in [-0.2, 0) is 4.74 Å². The predicted molar refractivity (Wildman–Crippen MR) is 92.8 cm³/mol. The van der Waals surface area contributed by atoms with E-state index in [2.05, 4.69) is 10.3 Å². The number of ether oxygens (including phenoxy) is 1. The monoisotopic (exact) mass is 400 g/mol. The molecule has 3 fully saturated rings. The zero-order chi connectivity index (χ0) is 13.6. The molecule has 0 radical (unpaired) electrons. The number of fused-ring (bicyclic) bond motifs is 2. The fourth-order valence-electron chi connectivity index (χ4n) is 4.14. The van der Waals surface area contributed by atoms with Gasteiger partial charge in [0.1, 0.15) is 5.82 Å². The SMILES string of the molecule is I.NC(=NC1C2CCOC2C12CCC2)Nc1ccccn1. The average molecular weight is 400 g/mol. The normalized spacial score (nSPS) is 32.6. The Balaban J connectivity index is 0.00000132. The van der Waals surface area contributed by atoms with Crippen molar-refractivity contribution < 1.29 is 4.74 Å². The first-order valence-electron chi connectivity index (χ1n) is 7.42. The van der Waals surface area contributed by atoms with E-state index in [1.807, 2.05) is 18.2 Å². The summed E-state index contributed by atoms with van der Waals surface area (Å²) in [4.78, 5) is 8.97. The van der Waals surface area contributed by atoms with Gasteiger partial charge in [0.05, 0.1) is 12.1 Å². The highest BCUT2D eigenvalue weighted by Gasteiger charge is 2.66. The van der Waals surface area contributed by atoms with Crippen LogP contribution in [0.15, 0.2) is 29.4 Å². The van der Waals surface area contributed by atoms with Gasteiger partial charge in [-0.05, 0) is 31.4 Å². The lowest BCUT2D eigenvalue weighted by Crippen LogP contribution is -2.65. The van der Waals surface area contributed by atoms with Gasteiger partial charge in [0.2, 0.25) is 0 Å². The minimum absolute atomic E-state index is 0. The Bertz CT molecular complexity index is 532. The molecule has 0 aromatic carbocycles. The quantitative estimate of drug-likeness (QED) is 0.454. The maximum atomic E-state index is 6.06. The molecule has 4 rings (SSSR count). The Kier molecular flexibility index (Phi) is 4.09. The van der Waals surface area contributed by atoms with Gasteiger partial charge in [-0.2, -0.15) is 0 Å². The molecule has 3 unspecified atom stereocenters. The van der Waals surface area contributed by atoms with Gasteiger partial charge in [0.25, 0.3) is 0 Å². The highest BCUT2D eigenvalue weighted by molar-refractivity contribution is 14.0. The second-order valence-corrected chi connectivity index (χ2v) is 6.13. The molecule has 2 heterocycles. The Morgan fingerprint density at radius 2 is 2.29 bits per heavy atom. The van der Waals surface area contributed by atoms with Crippen molar-refractivity contribution in [3.8, 4) is 0 Å². The largest absolute Gasteiger partial charge is 0.377 e. The van der Waals surface area contributed by atoms with E-state index < -0.39 is 0 Å². The van der Waals surface area contributed by atoms with Gasteiger partial charge < -0.3 is 15.8 Å².